The van der Waals surface area contributed by atoms with Crippen LogP contribution >= 0.6 is 12.4 Å². The molecular formula is C12H18ClFN2O2S. The van der Waals surface area contributed by atoms with Gasteiger partial charge in [-0.3, -0.25) is 0 Å². The Hall–Kier alpha value is -0.690. The molecule has 1 aliphatic rings. The number of nitrogens with one attached hydrogen (secondary N) is 1. The monoisotopic (exact) mass is 308 g/mol. The highest BCUT2D eigenvalue weighted by molar-refractivity contribution is 7.89. The fraction of sp³-hybridized carbons (Fsp3) is 0.500. The maximum atomic E-state index is 13.2. The Labute approximate surface area is 119 Å². The second kappa shape index (κ2) is 5.75. The van der Waals surface area contributed by atoms with Crippen LogP contribution in [0.5, 0.6) is 0 Å². The average molecular weight is 309 g/mol. The molecule has 0 amide bonds. The predicted molar refractivity (Wildman–Crippen MR) is 74.7 cm³/mol. The van der Waals surface area contributed by atoms with E-state index in [-0.39, 0.29) is 23.3 Å². The van der Waals surface area contributed by atoms with Gasteiger partial charge >= 0.3 is 0 Å². The average Bonchev–Trinajstić information content (AvgIpc) is 2.11. The van der Waals surface area contributed by atoms with Gasteiger partial charge in [0.15, 0.2) is 0 Å². The van der Waals surface area contributed by atoms with Crippen molar-refractivity contribution in [1.82, 2.24) is 9.62 Å². The lowest BCUT2D eigenvalue weighted by Gasteiger charge is -2.35. The topological polar surface area (TPSA) is 49.4 Å². The van der Waals surface area contributed by atoms with E-state index < -0.39 is 15.8 Å². The quantitative estimate of drug-likeness (QED) is 0.919. The zero-order valence-electron chi connectivity index (χ0n) is 11.1. The SMILES string of the molecule is Cc1cc(F)cc(C)c1S(=O)(=O)N(C)C1CNC1.Cl. The molecule has 1 aromatic carbocycles. The number of benzene rings is 1. The fourth-order valence-corrected chi connectivity index (χ4v) is 3.94. The van der Waals surface area contributed by atoms with E-state index in [0.717, 1.165) is 0 Å². The van der Waals surface area contributed by atoms with Gasteiger partial charge in [0.05, 0.1) is 4.90 Å². The van der Waals surface area contributed by atoms with Gasteiger partial charge < -0.3 is 5.32 Å². The van der Waals surface area contributed by atoms with Crippen molar-refractivity contribution in [2.24, 2.45) is 0 Å². The smallest absolute Gasteiger partial charge is 0.243 e. The summed E-state index contributed by atoms with van der Waals surface area (Å²) in [5.74, 6) is -0.406. The van der Waals surface area contributed by atoms with Gasteiger partial charge in [-0.1, -0.05) is 0 Å². The molecule has 7 heteroatoms. The Balaban J connectivity index is 0.00000180. The molecule has 0 spiro atoms. The summed E-state index contributed by atoms with van der Waals surface area (Å²) in [6, 6.07) is 2.50. The largest absolute Gasteiger partial charge is 0.313 e. The molecule has 0 unspecified atom stereocenters. The van der Waals surface area contributed by atoms with Crippen molar-refractivity contribution < 1.29 is 12.8 Å². The summed E-state index contributed by atoms with van der Waals surface area (Å²) in [6.45, 7) is 4.57. The number of hydrogen-bond acceptors (Lipinski definition) is 3. The lowest BCUT2D eigenvalue weighted by atomic mass is 10.1. The first-order chi connectivity index (χ1) is 8.34. The third kappa shape index (κ3) is 2.91. The van der Waals surface area contributed by atoms with E-state index in [1.807, 2.05) is 0 Å². The Bertz CT molecular complexity index is 550. The minimum Gasteiger partial charge on any atom is -0.313 e. The minimum atomic E-state index is -3.55. The molecule has 1 fully saturated rings. The van der Waals surface area contributed by atoms with Gasteiger partial charge in [0.25, 0.3) is 0 Å². The predicted octanol–water partition coefficient (Wildman–Crippen LogP) is 1.46. The normalized spacial score (nSPS) is 16.1. The summed E-state index contributed by atoms with van der Waals surface area (Å²) in [5, 5.41) is 3.04. The van der Waals surface area contributed by atoms with Crippen LogP contribution in [0.15, 0.2) is 17.0 Å². The van der Waals surface area contributed by atoms with Crippen molar-refractivity contribution in [3.8, 4) is 0 Å². The summed E-state index contributed by atoms with van der Waals surface area (Å²) in [7, 11) is -1.98. The van der Waals surface area contributed by atoms with Crippen LogP contribution < -0.4 is 5.32 Å². The standard InChI is InChI=1S/C12H17FN2O2S.ClH/c1-8-4-10(13)5-9(2)12(8)18(16,17)15(3)11-6-14-7-11;/h4-5,11,14H,6-7H2,1-3H3;1H. The minimum absolute atomic E-state index is 0. The Morgan fingerprint density at radius 3 is 2.11 bits per heavy atom. The summed E-state index contributed by atoms with van der Waals surface area (Å²) < 4.78 is 39.6. The van der Waals surface area contributed by atoms with Gasteiger partial charge in [0.2, 0.25) is 10.0 Å². The molecule has 0 bridgehead atoms. The summed E-state index contributed by atoms with van der Waals surface area (Å²) in [6.07, 6.45) is 0. The number of rotatable bonds is 3. The first-order valence-corrected chi connectivity index (χ1v) is 7.23. The van der Waals surface area contributed by atoms with Gasteiger partial charge in [-0.15, -0.1) is 12.4 Å². The number of likely N-dealkylation sites (N-methyl/N-ethyl adjacent to an activating group) is 1. The van der Waals surface area contributed by atoms with Crippen LogP contribution in [0.3, 0.4) is 0 Å². The highest BCUT2D eigenvalue weighted by atomic mass is 35.5. The zero-order valence-corrected chi connectivity index (χ0v) is 12.7. The van der Waals surface area contributed by atoms with E-state index in [2.05, 4.69) is 5.32 Å². The zero-order chi connectivity index (χ0) is 13.5. The molecule has 0 radical (unpaired) electrons. The molecule has 0 saturated carbocycles. The van der Waals surface area contributed by atoms with Crippen molar-refractivity contribution in [3.63, 3.8) is 0 Å². The Morgan fingerprint density at radius 1 is 1.26 bits per heavy atom. The van der Waals surface area contributed by atoms with Crippen molar-refractivity contribution >= 4 is 22.4 Å². The molecule has 108 valence electrons. The third-order valence-electron chi connectivity index (χ3n) is 3.34. The van der Waals surface area contributed by atoms with Crippen molar-refractivity contribution in [1.29, 1.82) is 0 Å². The van der Waals surface area contributed by atoms with Crippen LogP contribution in [0.2, 0.25) is 0 Å². The molecule has 1 aromatic rings. The molecule has 1 heterocycles. The van der Waals surface area contributed by atoms with Crippen molar-refractivity contribution in [3.05, 3.63) is 29.1 Å². The van der Waals surface area contributed by atoms with Gasteiger partial charge in [-0.25, -0.2) is 12.8 Å². The molecule has 0 aromatic heterocycles. The summed E-state index contributed by atoms with van der Waals surface area (Å²) >= 11 is 0. The Kier molecular flexibility index (Phi) is 4.95. The molecule has 19 heavy (non-hydrogen) atoms. The molecule has 1 N–H and O–H groups in total. The van der Waals surface area contributed by atoms with E-state index in [1.54, 1.807) is 20.9 Å². The highest BCUT2D eigenvalue weighted by Crippen LogP contribution is 2.25. The number of hydrogen-bond donors (Lipinski definition) is 1. The first kappa shape index (κ1) is 16.4. The fourth-order valence-electron chi connectivity index (χ4n) is 2.18. The van der Waals surface area contributed by atoms with Crippen LogP contribution in [-0.4, -0.2) is 38.9 Å². The molecular weight excluding hydrogens is 291 g/mol. The highest BCUT2D eigenvalue weighted by Gasteiger charge is 2.33. The van der Waals surface area contributed by atoms with Crippen LogP contribution in [0, 0.1) is 19.7 Å². The van der Waals surface area contributed by atoms with E-state index in [4.69, 9.17) is 0 Å². The lowest BCUT2D eigenvalue weighted by Crippen LogP contribution is -2.57. The number of sulfonamides is 1. The van der Waals surface area contributed by atoms with Crippen LogP contribution in [0.4, 0.5) is 4.39 Å². The lowest BCUT2D eigenvalue weighted by molar-refractivity contribution is 0.274. The van der Waals surface area contributed by atoms with Gasteiger partial charge in [-0.2, -0.15) is 4.31 Å². The second-order valence-corrected chi connectivity index (χ2v) is 6.64. The van der Waals surface area contributed by atoms with E-state index >= 15 is 0 Å². The maximum Gasteiger partial charge on any atom is 0.243 e. The summed E-state index contributed by atoms with van der Waals surface area (Å²) in [4.78, 5) is 0.221. The first-order valence-electron chi connectivity index (χ1n) is 5.79. The number of aryl methyl sites for hydroxylation is 2. The van der Waals surface area contributed by atoms with Crippen molar-refractivity contribution in [2.45, 2.75) is 24.8 Å². The Morgan fingerprint density at radius 2 is 1.74 bits per heavy atom. The van der Waals surface area contributed by atoms with E-state index in [9.17, 15) is 12.8 Å². The van der Waals surface area contributed by atoms with E-state index in [1.165, 1.54) is 16.4 Å². The van der Waals surface area contributed by atoms with Crippen molar-refractivity contribution in [2.75, 3.05) is 20.1 Å². The van der Waals surface area contributed by atoms with Gasteiger partial charge in [-0.05, 0) is 37.1 Å². The van der Waals surface area contributed by atoms with Gasteiger partial charge in [0.1, 0.15) is 5.82 Å². The van der Waals surface area contributed by atoms with Gasteiger partial charge in [0, 0.05) is 26.2 Å². The van der Waals surface area contributed by atoms with E-state index in [0.29, 0.717) is 24.2 Å². The second-order valence-electron chi connectivity index (χ2n) is 4.70. The number of halogens is 2. The van der Waals surface area contributed by atoms with Crippen LogP contribution in [0.25, 0.3) is 0 Å². The maximum absolute atomic E-state index is 13.2. The summed E-state index contributed by atoms with van der Waals surface area (Å²) in [5.41, 5.74) is 0.901. The molecule has 2 rings (SSSR count). The molecule has 4 nitrogen and oxygen atoms in total. The number of nitrogens with zero attached hydrogens (tertiary/aromatic N) is 1. The third-order valence-corrected chi connectivity index (χ3v) is 5.55. The van der Waals surface area contributed by atoms with Crippen LogP contribution in [0.1, 0.15) is 11.1 Å². The molecule has 1 aliphatic heterocycles. The molecule has 0 aliphatic carbocycles. The molecule has 1 saturated heterocycles. The van der Waals surface area contributed by atoms with Crippen LogP contribution in [-0.2, 0) is 10.0 Å². The molecule has 0 atom stereocenters.